The Morgan fingerprint density at radius 3 is 2.40 bits per heavy atom. The summed E-state index contributed by atoms with van der Waals surface area (Å²) in [5.74, 6) is 0.150. The van der Waals surface area contributed by atoms with Crippen molar-refractivity contribution in [2.75, 3.05) is 33.1 Å². The molecule has 0 fully saturated rings. The number of amides is 2. The Labute approximate surface area is 180 Å². The molecule has 1 atom stereocenters. The molecule has 2 aromatic carbocycles. The Balaban J connectivity index is 1.70. The van der Waals surface area contributed by atoms with Gasteiger partial charge in [0.2, 0.25) is 0 Å². The number of likely N-dealkylation sites (N-methyl/N-ethyl adjacent to an activating group) is 1. The molecule has 0 saturated heterocycles. The van der Waals surface area contributed by atoms with Crippen molar-refractivity contribution in [3.8, 4) is 5.75 Å². The molecule has 1 aromatic heterocycles. The van der Waals surface area contributed by atoms with E-state index in [1.165, 1.54) is 0 Å². The Morgan fingerprint density at radius 2 is 1.77 bits per heavy atom. The number of rotatable bonds is 8. The van der Waals surface area contributed by atoms with Crippen molar-refractivity contribution >= 4 is 28.8 Å². The van der Waals surface area contributed by atoms with Gasteiger partial charge in [0.1, 0.15) is 5.75 Å². The van der Waals surface area contributed by atoms with E-state index < -0.39 is 0 Å². The maximum Gasteiger partial charge on any atom is 0.255 e. The highest BCUT2D eigenvalue weighted by atomic mass is 32.1. The van der Waals surface area contributed by atoms with Crippen LogP contribution in [0.5, 0.6) is 5.75 Å². The van der Waals surface area contributed by atoms with Crippen LogP contribution in [0, 0.1) is 0 Å². The molecule has 1 unspecified atom stereocenters. The van der Waals surface area contributed by atoms with Crippen molar-refractivity contribution in [1.29, 1.82) is 0 Å². The lowest BCUT2D eigenvalue weighted by molar-refractivity contribution is 0.0943. The second-order valence-corrected chi connectivity index (χ2v) is 7.75. The van der Waals surface area contributed by atoms with Crippen LogP contribution in [0.3, 0.4) is 0 Å². The van der Waals surface area contributed by atoms with Crippen LogP contribution in [0.4, 0.5) is 5.69 Å². The van der Waals surface area contributed by atoms with Crippen LogP contribution < -0.4 is 15.4 Å². The van der Waals surface area contributed by atoms with Crippen LogP contribution in [-0.2, 0) is 0 Å². The number of ether oxygens (including phenoxy) is 1. The van der Waals surface area contributed by atoms with Crippen molar-refractivity contribution in [3.63, 3.8) is 0 Å². The number of thiophene rings is 1. The summed E-state index contributed by atoms with van der Waals surface area (Å²) in [6.07, 6.45) is 0. The van der Waals surface area contributed by atoms with Gasteiger partial charge in [0.05, 0.1) is 24.4 Å². The first-order valence-corrected chi connectivity index (χ1v) is 10.4. The van der Waals surface area contributed by atoms with Crippen LogP contribution in [0.15, 0.2) is 65.4 Å². The van der Waals surface area contributed by atoms with Gasteiger partial charge in [0.15, 0.2) is 0 Å². The molecule has 0 bridgehead atoms. The van der Waals surface area contributed by atoms with Crippen molar-refractivity contribution in [1.82, 2.24) is 10.2 Å². The summed E-state index contributed by atoms with van der Waals surface area (Å²) in [5, 5.41) is 9.94. The van der Waals surface area contributed by atoms with Gasteiger partial charge >= 0.3 is 0 Å². The summed E-state index contributed by atoms with van der Waals surface area (Å²) in [6.45, 7) is 0.462. The number of hydrogen-bond acceptors (Lipinski definition) is 5. The molecular weight excluding hydrogens is 398 g/mol. The molecular formula is C23H25N3O3S. The van der Waals surface area contributed by atoms with Crippen molar-refractivity contribution < 1.29 is 14.3 Å². The van der Waals surface area contributed by atoms with Gasteiger partial charge in [-0.25, -0.2) is 0 Å². The molecule has 3 aromatic rings. The molecule has 3 rings (SSSR count). The smallest absolute Gasteiger partial charge is 0.255 e. The normalized spacial score (nSPS) is 11.7. The third-order valence-corrected chi connectivity index (χ3v) is 5.48. The SMILES string of the molecule is COc1ccc(C(=O)Nc2ccccc2C(=O)NCC(c2ccsc2)N(C)C)cc1. The van der Waals surface area contributed by atoms with Crippen LogP contribution in [0.1, 0.15) is 32.3 Å². The maximum absolute atomic E-state index is 12.9. The molecule has 0 aliphatic heterocycles. The van der Waals surface area contributed by atoms with Crippen molar-refractivity contribution in [2.45, 2.75) is 6.04 Å². The standard InChI is InChI=1S/C23H25N3O3S/c1-26(2)21(17-12-13-30-15-17)14-24-23(28)19-6-4-5-7-20(19)25-22(27)16-8-10-18(29-3)11-9-16/h4-13,15,21H,14H2,1-3H3,(H,24,28)(H,25,27). The van der Waals surface area contributed by atoms with Crippen LogP contribution in [-0.4, -0.2) is 44.5 Å². The molecule has 0 spiro atoms. The summed E-state index contributed by atoms with van der Waals surface area (Å²) in [7, 11) is 5.54. The molecule has 2 amide bonds. The highest BCUT2D eigenvalue weighted by molar-refractivity contribution is 7.08. The van der Waals surface area contributed by atoms with E-state index in [0.29, 0.717) is 29.1 Å². The minimum absolute atomic E-state index is 0.0706. The minimum Gasteiger partial charge on any atom is -0.497 e. The summed E-state index contributed by atoms with van der Waals surface area (Å²) in [4.78, 5) is 27.5. The van der Waals surface area contributed by atoms with E-state index in [4.69, 9.17) is 4.74 Å². The van der Waals surface area contributed by atoms with Gasteiger partial charge in [-0.3, -0.25) is 9.59 Å². The van der Waals surface area contributed by atoms with E-state index in [9.17, 15) is 9.59 Å². The molecule has 0 aliphatic rings. The fraction of sp³-hybridized carbons (Fsp3) is 0.217. The number of hydrogen-bond donors (Lipinski definition) is 2. The summed E-state index contributed by atoms with van der Waals surface area (Å²) < 4.78 is 5.12. The van der Waals surface area contributed by atoms with Crippen molar-refractivity contribution in [2.24, 2.45) is 0 Å². The molecule has 1 heterocycles. The van der Waals surface area contributed by atoms with Gasteiger partial charge in [-0.1, -0.05) is 12.1 Å². The number of carbonyl (C=O) groups excluding carboxylic acids is 2. The van der Waals surface area contributed by atoms with E-state index in [-0.39, 0.29) is 17.9 Å². The second-order valence-electron chi connectivity index (χ2n) is 6.97. The van der Waals surface area contributed by atoms with Crippen LogP contribution in [0.25, 0.3) is 0 Å². The highest BCUT2D eigenvalue weighted by Crippen LogP contribution is 2.21. The van der Waals surface area contributed by atoms with Crippen molar-refractivity contribution in [3.05, 3.63) is 82.0 Å². The number of carbonyl (C=O) groups is 2. The second kappa shape index (κ2) is 10.0. The van der Waals surface area contributed by atoms with Gasteiger partial charge in [0, 0.05) is 12.1 Å². The lowest BCUT2D eigenvalue weighted by Crippen LogP contribution is -2.34. The van der Waals surface area contributed by atoms with E-state index in [0.717, 1.165) is 5.56 Å². The van der Waals surface area contributed by atoms with Gasteiger partial charge in [-0.2, -0.15) is 11.3 Å². The number of anilines is 1. The summed E-state index contributed by atoms with van der Waals surface area (Å²) in [5.41, 5.74) is 2.53. The summed E-state index contributed by atoms with van der Waals surface area (Å²) >= 11 is 1.63. The average molecular weight is 424 g/mol. The molecule has 7 heteroatoms. The van der Waals surface area contributed by atoms with E-state index in [1.54, 1.807) is 67.0 Å². The lowest BCUT2D eigenvalue weighted by atomic mass is 10.1. The predicted molar refractivity (Wildman–Crippen MR) is 120 cm³/mol. The van der Waals surface area contributed by atoms with Crippen LogP contribution in [0.2, 0.25) is 0 Å². The quantitative estimate of drug-likeness (QED) is 0.574. The van der Waals surface area contributed by atoms with Crippen LogP contribution >= 0.6 is 11.3 Å². The Kier molecular flexibility index (Phi) is 7.21. The van der Waals surface area contributed by atoms with E-state index in [2.05, 4.69) is 27.0 Å². The number of nitrogens with one attached hydrogen (secondary N) is 2. The third-order valence-electron chi connectivity index (χ3n) is 4.78. The molecule has 0 radical (unpaired) electrons. The number of benzene rings is 2. The Morgan fingerprint density at radius 1 is 1.03 bits per heavy atom. The molecule has 30 heavy (non-hydrogen) atoms. The zero-order valence-corrected chi connectivity index (χ0v) is 18.0. The molecule has 2 N–H and O–H groups in total. The molecule has 0 aliphatic carbocycles. The fourth-order valence-corrected chi connectivity index (χ4v) is 3.78. The van der Waals surface area contributed by atoms with E-state index in [1.807, 2.05) is 19.5 Å². The maximum atomic E-state index is 12.9. The molecule has 156 valence electrons. The molecule has 0 saturated carbocycles. The van der Waals surface area contributed by atoms with Gasteiger partial charge < -0.3 is 20.3 Å². The zero-order valence-electron chi connectivity index (χ0n) is 17.2. The Hall–Kier alpha value is -3.16. The van der Waals surface area contributed by atoms with Gasteiger partial charge in [0.25, 0.3) is 11.8 Å². The topological polar surface area (TPSA) is 70.7 Å². The zero-order chi connectivity index (χ0) is 21.5. The summed E-state index contributed by atoms with van der Waals surface area (Å²) in [6, 6.07) is 15.9. The Bertz CT molecular complexity index is 985. The average Bonchev–Trinajstić information content (AvgIpc) is 3.28. The first kappa shape index (κ1) is 21.5. The number of nitrogens with zero attached hydrogens (tertiary/aromatic N) is 1. The first-order chi connectivity index (χ1) is 14.5. The minimum atomic E-state index is -0.289. The van der Waals surface area contributed by atoms with Gasteiger partial charge in [-0.05, 0) is 72.9 Å². The van der Waals surface area contributed by atoms with E-state index >= 15 is 0 Å². The highest BCUT2D eigenvalue weighted by Gasteiger charge is 2.18. The largest absolute Gasteiger partial charge is 0.497 e. The number of methoxy groups -OCH3 is 1. The third kappa shape index (κ3) is 5.25. The van der Waals surface area contributed by atoms with Gasteiger partial charge in [-0.15, -0.1) is 0 Å². The number of para-hydroxylation sites is 1. The lowest BCUT2D eigenvalue weighted by Gasteiger charge is -2.24. The molecule has 6 nitrogen and oxygen atoms in total. The monoisotopic (exact) mass is 423 g/mol. The predicted octanol–water partition coefficient (Wildman–Crippen LogP) is 4.04. The fourth-order valence-electron chi connectivity index (χ4n) is 3.07. The first-order valence-electron chi connectivity index (χ1n) is 9.50.